The van der Waals surface area contributed by atoms with Crippen molar-refractivity contribution in [2.24, 2.45) is 0 Å². The topological polar surface area (TPSA) is 71.3 Å². The first kappa shape index (κ1) is 21.8. The molecule has 2 aromatic rings. The third-order valence-electron chi connectivity index (χ3n) is 6.25. The van der Waals surface area contributed by atoms with Gasteiger partial charge < -0.3 is 14.7 Å². The summed E-state index contributed by atoms with van der Waals surface area (Å²) in [6, 6.07) is 9.76. The summed E-state index contributed by atoms with van der Waals surface area (Å²) in [6.45, 7) is 4.34. The van der Waals surface area contributed by atoms with Gasteiger partial charge in [0.05, 0.1) is 0 Å². The summed E-state index contributed by atoms with van der Waals surface area (Å²) in [5, 5.41) is 7.71. The lowest BCUT2D eigenvalue weighted by molar-refractivity contribution is -0.132. The van der Waals surface area contributed by atoms with Gasteiger partial charge in [0.15, 0.2) is 0 Å². The lowest BCUT2D eigenvalue weighted by Gasteiger charge is -2.35. The second-order valence-electron chi connectivity index (χ2n) is 8.56. The van der Waals surface area contributed by atoms with Gasteiger partial charge in [-0.3, -0.25) is 4.79 Å². The molecule has 2 aliphatic rings. The second-order valence-corrected chi connectivity index (χ2v) is 8.56. The van der Waals surface area contributed by atoms with E-state index in [0.29, 0.717) is 48.6 Å². The molecule has 4 rings (SSSR count). The zero-order valence-corrected chi connectivity index (χ0v) is 18.2. The van der Waals surface area contributed by atoms with Gasteiger partial charge in [0.1, 0.15) is 0 Å². The predicted molar refractivity (Wildman–Crippen MR) is 115 cm³/mol. The van der Waals surface area contributed by atoms with Crippen LogP contribution in [0.1, 0.15) is 63.3 Å². The minimum atomic E-state index is 0. The van der Waals surface area contributed by atoms with Crippen molar-refractivity contribution in [3.05, 3.63) is 35.7 Å². The Balaban J connectivity index is 0.00000240. The first-order valence-corrected chi connectivity index (χ1v) is 10.4. The van der Waals surface area contributed by atoms with E-state index >= 15 is 0 Å². The fourth-order valence-corrected chi connectivity index (χ4v) is 4.43. The molecule has 0 aliphatic carbocycles. The van der Waals surface area contributed by atoms with Gasteiger partial charge in [-0.2, -0.15) is 4.98 Å². The van der Waals surface area contributed by atoms with Crippen molar-refractivity contribution in [2.75, 3.05) is 7.05 Å². The number of amides is 1. The quantitative estimate of drug-likeness (QED) is 0.768. The average molecular weight is 419 g/mol. The molecule has 0 saturated carbocycles. The maximum atomic E-state index is 12.6. The van der Waals surface area contributed by atoms with Gasteiger partial charge in [-0.1, -0.05) is 43.3 Å². The van der Waals surface area contributed by atoms with Gasteiger partial charge in [0, 0.05) is 43.6 Å². The molecule has 0 spiro atoms. The number of carbonyl (C=O) groups excluding carboxylic acids is 1. The molecular weight excluding hydrogens is 388 g/mol. The molecule has 29 heavy (non-hydrogen) atoms. The van der Waals surface area contributed by atoms with Crippen molar-refractivity contribution < 1.29 is 9.32 Å². The fourth-order valence-electron chi connectivity index (χ4n) is 4.43. The summed E-state index contributed by atoms with van der Waals surface area (Å²) in [5.74, 6) is 1.76. The Bertz CT molecular complexity index is 808. The minimum absolute atomic E-state index is 0. The number of aromatic nitrogens is 2. The first-order chi connectivity index (χ1) is 13.5. The van der Waals surface area contributed by atoms with Crippen molar-refractivity contribution >= 4 is 18.3 Å². The van der Waals surface area contributed by atoms with Crippen molar-refractivity contribution in [3.8, 4) is 11.4 Å². The highest BCUT2D eigenvalue weighted by Gasteiger charge is 2.36. The Hall–Kier alpha value is -1.92. The van der Waals surface area contributed by atoms with E-state index in [9.17, 15) is 4.79 Å². The van der Waals surface area contributed by atoms with Crippen LogP contribution in [-0.4, -0.2) is 46.1 Å². The third kappa shape index (κ3) is 4.98. The van der Waals surface area contributed by atoms with E-state index in [1.165, 1.54) is 18.4 Å². The number of carbonyl (C=O) groups is 1. The number of nitrogens with one attached hydrogen (secondary N) is 1. The number of hydrogen-bond donors (Lipinski definition) is 1. The zero-order valence-electron chi connectivity index (χ0n) is 17.4. The standard InChI is InChI=1S/C22H30N4O2.ClH/c1-14(2)15-4-6-16(7-5-15)22-24-20(28-25-22)10-11-21(27)26(3)19-12-17-8-9-18(13-19)23-17;/h4-7,14,17-19,23H,8-13H2,1-3H3;1H. The lowest BCUT2D eigenvalue weighted by atomic mass is 9.98. The highest BCUT2D eigenvalue weighted by atomic mass is 35.5. The Labute approximate surface area is 178 Å². The van der Waals surface area contributed by atoms with E-state index in [2.05, 4.69) is 41.4 Å². The van der Waals surface area contributed by atoms with Gasteiger partial charge in [-0.05, 0) is 37.2 Å². The van der Waals surface area contributed by atoms with Crippen LogP contribution in [0, 0.1) is 0 Å². The van der Waals surface area contributed by atoms with E-state index in [4.69, 9.17) is 4.52 Å². The van der Waals surface area contributed by atoms with E-state index < -0.39 is 0 Å². The van der Waals surface area contributed by atoms with Crippen LogP contribution < -0.4 is 5.32 Å². The van der Waals surface area contributed by atoms with Crippen LogP contribution in [0.15, 0.2) is 28.8 Å². The molecule has 7 heteroatoms. The van der Waals surface area contributed by atoms with E-state index in [1.807, 2.05) is 24.1 Å². The van der Waals surface area contributed by atoms with Gasteiger partial charge in [-0.25, -0.2) is 0 Å². The first-order valence-electron chi connectivity index (χ1n) is 10.4. The van der Waals surface area contributed by atoms with Crippen LogP contribution >= 0.6 is 12.4 Å². The van der Waals surface area contributed by atoms with Gasteiger partial charge in [0.2, 0.25) is 17.6 Å². The average Bonchev–Trinajstić information content (AvgIpc) is 3.31. The van der Waals surface area contributed by atoms with Crippen molar-refractivity contribution in [3.63, 3.8) is 0 Å². The normalized spacial score (nSPS) is 23.1. The largest absolute Gasteiger partial charge is 0.343 e. The number of fused-ring (bicyclic) bond motifs is 2. The van der Waals surface area contributed by atoms with Crippen LogP contribution in [0.5, 0.6) is 0 Å². The number of nitrogens with zero attached hydrogens (tertiary/aromatic N) is 3. The van der Waals surface area contributed by atoms with Crippen LogP contribution in [-0.2, 0) is 11.2 Å². The number of halogens is 1. The number of piperidine rings is 1. The van der Waals surface area contributed by atoms with E-state index in [0.717, 1.165) is 18.4 Å². The molecule has 1 aromatic carbocycles. The monoisotopic (exact) mass is 418 g/mol. The summed E-state index contributed by atoms with van der Waals surface area (Å²) >= 11 is 0. The highest BCUT2D eigenvalue weighted by molar-refractivity contribution is 5.85. The number of benzene rings is 1. The van der Waals surface area contributed by atoms with Gasteiger partial charge in [0.25, 0.3) is 0 Å². The van der Waals surface area contributed by atoms with Crippen LogP contribution in [0.3, 0.4) is 0 Å². The van der Waals surface area contributed by atoms with E-state index in [-0.39, 0.29) is 18.3 Å². The molecule has 2 saturated heterocycles. The Kier molecular flexibility index (Phi) is 6.96. The molecule has 1 aromatic heterocycles. The van der Waals surface area contributed by atoms with Gasteiger partial charge in [-0.15, -0.1) is 12.4 Å². The molecule has 2 aliphatic heterocycles. The van der Waals surface area contributed by atoms with Crippen molar-refractivity contribution in [2.45, 2.75) is 76.4 Å². The number of rotatable bonds is 6. The summed E-state index contributed by atoms with van der Waals surface area (Å²) in [4.78, 5) is 19.1. The fraction of sp³-hybridized carbons (Fsp3) is 0.591. The Morgan fingerprint density at radius 2 is 1.86 bits per heavy atom. The van der Waals surface area contributed by atoms with Crippen LogP contribution in [0.4, 0.5) is 0 Å². The Morgan fingerprint density at radius 3 is 2.48 bits per heavy atom. The Morgan fingerprint density at radius 1 is 1.21 bits per heavy atom. The summed E-state index contributed by atoms with van der Waals surface area (Å²) in [6.07, 6.45) is 5.51. The number of hydrogen-bond acceptors (Lipinski definition) is 5. The predicted octanol–water partition coefficient (Wildman–Crippen LogP) is 3.96. The minimum Gasteiger partial charge on any atom is -0.343 e. The smallest absolute Gasteiger partial charge is 0.227 e. The molecule has 3 heterocycles. The summed E-state index contributed by atoms with van der Waals surface area (Å²) < 4.78 is 5.37. The third-order valence-corrected chi connectivity index (χ3v) is 6.25. The zero-order chi connectivity index (χ0) is 19.7. The lowest BCUT2D eigenvalue weighted by Crippen LogP contribution is -2.48. The molecule has 0 radical (unpaired) electrons. The molecule has 2 atom stereocenters. The maximum Gasteiger partial charge on any atom is 0.227 e. The molecule has 1 N–H and O–H groups in total. The van der Waals surface area contributed by atoms with Crippen molar-refractivity contribution in [1.82, 2.24) is 20.4 Å². The SMILES string of the molecule is CC(C)c1ccc(-c2noc(CCC(=O)N(C)C3CC4CCC(C3)N4)n2)cc1.Cl. The molecular formula is C22H31ClN4O2. The summed E-state index contributed by atoms with van der Waals surface area (Å²) in [5.41, 5.74) is 2.22. The summed E-state index contributed by atoms with van der Waals surface area (Å²) in [7, 11) is 1.94. The molecule has 2 fully saturated rings. The van der Waals surface area contributed by atoms with Gasteiger partial charge >= 0.3 is 0 Å². The molecule has 2 unspecified atom stereocenters. The van der Waals surface area contributed by atoms with E-state index in [1.54, 1.807) is 0 Å². The van der Waals surface area contributed by atoms with Crippen molar-refractivity contribution in [1.29, 1.82) is 0 Å². The van der Waals surface area contributed by atoms with Crippen LogP contribution in [0.25, 0.3) is 11.4 Å². The number of aryl methyl sites for hydroxylation is 1. The van der Waals surface area contributed by atoms with Crippen LogP contribution in [0.2, 0.25) is 0 Å². The molecule has 2 bridgehead atoms. The maximum absolute atomic E-state index is 12.6. The highest BCUT2D eigenvalue weighted by Crippen LogP contribution is 2.29. The second kappa shape index (κ2) is 9.26. The molecule has 6 nitrogen and oxygen atoms in total. The molecule has 158 valence electrons. The molecule has 1 amide bonds.